The number of hydrogen-bond donors (Lipinski definition) is 4. The van der Waals surface area contributed by atoms with Crippen LogP contribution in [0.1, 0.15) is 30.0 Å². The minimum absolute atomic E-state index is 0.0278. The molecule has 39 heavy (non-hydrogen) atoms. The van der Waals surface area contributed by atoms with E-state index in [0.717, 1.165) is 46.5 Å². The Labute approximate surface area is 229 Å². The van der Waals surface area contributed by atoms with Crippen LogP contribution < -0.4 is 21.2 Å². The molecule has 0 saturated heterocycles. The quantitative estimate of drug-likeness (QED) is 0.238. The number of carbonyl (C=O) groups excluding carboxylic acids is 1. The molecule has 1 aliphatic rings. The van der Waals surface area contributed by atoms with Crippen molar-refractivity contribution in [3.05, 3.63) is 102 Å². The van der Waals surface area contributed by atoms with E-state index < -0.39 is 6.04 Å². The lowest BCUT2D eigenvalue weighted by Crippen LogP contribution is -2.53. The van der Waals surface area contributed by atoms with Crippen LogP contribution in [0.5, 0.6) is 5.75 Å². The van der Waals surface area contributed by atoms with Gasteiger partial charge >= 0.3 is 0 Å². The van der Waals surface area contributed by atoms with Gasteiger partial charge in [0.25, 0.3) is 0 Å². The number of para-hydroxylation sites is 1. The maximum absolute atomic E-state index is 12.9. The molecule has 1 aromatic heterocycles. The Balaban J connectivity index is 1.44. The number of aromatic nitrogens is 1. The molecule has 5 rings (SSSR count). The first-order valence-electron chi connectivity index (χ1n) is 13.4. The van der Waals surface area contributed by atoms with Crippen molar-refractivity contribution in [2.45, 2.75) is 51.0 Å². The highest BCUT2D eigenvalue weighted by molar-refractivity contribution is 5.94. The number of aromatic amines is 1. The fourth-order valence-corrected chi connectivity index (χ4v) is 5.03. The smallest absolute Gasteiger partial charge is 0.237 e. The van der Waals surface area contributed by atoms with Gasteiger partial charge in [0, 0.05) is 30.1 Å². The summed E-state index contributed by atoms with van der Waals surface area (Å²) in [5.74, 6) is 1.40. The van der Waals surface area contributed by atoms with Gasteiger partial charge in [-0.3, -0.25) is 10.2 Å². The van der Waals surface area contributed by atoms with E-state index in [0.29, 0.717) is 13.0 Å². The van der Waals surface area contributed by atoms with E-state index in [2.05, 4.69) is 69.2 Å². The Morgan fingerprint density at radius 1 is 1.05 bits per heavy atom. The molecule has 3 aromatic carbocycles. The number of benzene rings is 3. The topological polar surface area (TPSA) is 108 Å². The zero-order chi connectivity index (χ0) is 27.2. The van der Waals surface area contributed by atoms with Crippen LogP contribution in [0.25, 0.3) is 10.9 Å². The average Bonchev–Trinajstić information content (AvgIpc) is 3.56. The highest BCUT2D eigenvalue weighted by Crippen LogP contribution is 2.24. The Kier molecular flexibility index (Phi) is 8.13. The van der Waals surface area contributed by atoms with E-state index in [9.17, 15) is 4.79 Å². The predicted molar refractivity (Wildman–Crippen MR) is 155 cm³/mol. The number of fused-ring (bicyclic) bond motifs is 1. The minimum Gasteiger partial charge on any atom is -0.497 e. The molecule has 0 aliphatic carbocycles. The number of rotatable bonds is 11. The van der Waals surface area contributed by atoms with Gasteiger partial charge in [-0.15, -0.1) is 0 Å². The molecule has 0 fully saturated rings. The van der Waals surface area contributed by atoms with Crippen LogP contribution in [-0.4, -0.2) is 47.0 Å². The second-order valence-corrected chi connectivity index (χ2v) is 10.0. The molecule has 0 saturated carbocycles. The molecule has 1 unspecified atom stereocenters. The van der Waals surface area contributed by atoms with Gasteiger partial charge in [-0.05, 0) is 54.7 Å². The molecular formula is C31H36N6O2. The lowest BCUT2D eigenvalue weighted by molar-refractivity contribution is -0.122. The summed E-state index contributed by atoms with van der Waals surface area (Å²) in [5.41, 5.74) is 13.9. The average molecular weight is 525 g/mol. The number of hydrogen-bond acceptors (Lipinski definition) is 6. The molecule has 0 bridgehead atoms. The van der Waals surface area contributed by atoms with Gasteiger partial charge in [0.1, 0.15) is 17.8 Å². The van der Waals surface area contributed by atoms with Gasteiger partial charge < -0.3 is 25.7 Å². The molecule has 2 heterocycles. The second kappa shape index (κ2) is 12.0. The minimum atomic E-state index is -0.630. The summed E-state index contributed by atoms with van der Waals surface area (Å²) in [6.07, 6.45) is 4.32. The first kappa shape index (κ1) is 26.3. The highest BCUT2D eigenvalue weighted by Gasteiger charge is 2.34. The molecule has 3 atom stereocenters. The maximum atomic E-state index is 12.9. The van der Waals surface area contributed by atoms with Crippen molar-refractivity contribution < 1.29 is 9.53 Å². The van der Waals surface area contributed by atoms with E-state index >= 15 is 0 Å². The Bertz CT molecular complexity index is 1410. The molecule has 1 aliphatic heterocycles. The molecular weight excluding hydrogens is 488 g/mol. The van der Waals surface area contributed by atoms with E-state index in [1.54, 1.807) is 14.0 Å². The monoisotopic (exact) mass is 524 g/mol. The standard InChI is InChI=1S/C31H36N6O2/c1-21(32)31(38)34-28(18-24-19-33-27-11-7-6-10-26(24)27)30-36-35-29(17-14-22-8-4-3-5-9-22)37(30)20-23-12-15-25(39-2)16-13-23/h3-13,15-16,19,21,28-29,33,35H,14,17-18,20,32H2,1-2H3,(H,34,38)/t21-,28-,29?/m1/s1. The summed E-state index contributed by atoms with van der Waals surface area (Å²) in [4.78, 5) is 18.5. The number of H-pyrrole nitrogens is 1. The molecule has 5 N–H and O–H groups in total. The molecule has 0 spiro atoms. The third-order valence-corrected chi connectivity index (χ3v) is 7.20. The predicted octanol–water partition coefficient (Wildman–Crippen LogP) is 3.93. The van der Waals surface area contributed by atoms with E-state index in [-0.39, 0.29) is 18.1 Å². The van der Waals surface area contributed by atoms with E-state index in [4.69, 9.17) is 15.6 Å². The van der Waals surface area contributed by atoms with Gasteiger partial charge in [-0.2, -0.15) is 5.10 Å². The number of nitrogens with zero attached hydrogens (tertiary/aromatic N) is 2. The third kappa shape index (κ3) is 6.23. The molecule has 4 aromatic rings. The van der Waals surface area contributed by atoms with Gasteiger partial charge in [0.2, 0.25) is 5.91 Å². The van der Waals surface area contributed by atoms with Crippen LogP contribution in [0.2, 0.25) is 0 Å². The molecule has 1 amide bonds. The van der Waals surface area contributed by atoms with E-state index in [1.807, 2.05) is 36.5 Å². The number of hydrazone groups is 1. The van der Waals surface area contributed by atoms with Crippen molar-refractivity contribution in [3.63, 3.8) is 0 Å². The largest absolute Gasteiger partial charge is 0.497 e. The van der Waals surface area contributed by atoms with Crippen molar-refractivity contribution in [1.82, 2.24) is 20.6 Å². The normalized spacial score (nSPS) is 16.4. The van der Waals surface area contributed by atoms with Crippen LogP contribution in [0.15, 0.2) is 90.2 Å². The Morgan fingerprint density at radius 2 is 1.79 bits per heavy atom. The third-order valence-electron chi connectivity index (χ3n) is 7.20. The Morgan fingerprint density at radius 3 is 2.54 bits per heavy atom. The summed E-state index contributed by atoms with van der Waals surface area (Å²) in [6, 6.07) is 25.7. The molecule has 0 radical (unpaired) electrons. The number of carbonyl (C=O) groups is 1. The number of amides is 1. The van der Waals surface area contributed by atoms with Crippen LogP contribution in [0, 0.1) is 0 Å². The zero-order valence-electron chi connectivity index (χ0n) is 22.4. The zero-order valence-corrected chi connectivity index (χ0v) is 22.4. The molecule has 8 heteroatoms. The summed E-state index contributed by atoms with van der Waals surface area (Å²) < 4.78 is 5.36. The van der Waals surface area contributed by atoms with Gasteiger partial charge in [0.15, 0.2) is 0 Å². The summed E-state index contributed by atoms with van der Waals surface area (Å²) in [7, 11) is 1.67. The van der Waals surface area contributed by atoms with Gasteiger partial charge in [0.05, 0.1) is 19.2 Å². The van der Waals surface area contributed by atoms with Crippen LogP contribution in [0.4, 0.5) is 0 Å². The first-order chi connectivity index (χ1) is 19.0. The van der Waals surface area contributed by atoms with Crippen LogP contribution in [0.3, 0.4) is 0 Å². The van der Waals surface area contributed by atoms with Crippen molar-refractivity contribution in [2.75, 3.05) is 7.11 Å². The molecule has 8 nitrogen and oxygen atoms in total. The number of methoxy groups -OCH3 is 1. The van der Waals surface area contributed by atoms with Crippen LogP contribution >= 0.6 is 0 Å². The number of nitrogens with one attached hydrogen (secondary N) is 3. The van der Waals surface area contributed by atoms with Crippen molar-refractivity contribution in [2.24, 2.45) is 10.8 Å². The van der Waals surface area contributed by atoms with Crippen molar-refractivity contribution in [3.8, 4) is 5.75 Å². The van der Waals surface area contributed by atoms with Gasteiger partial charge in [-0.1, -0.05) is 60.7 Å². The first-order valence-corrected chi connectivity index (χ1v) is 13.4. The van der Waals surface area contributed by atoms with Crippen molar-refractivity contribution in [1.29, 1.82) is 0 Å². The van der Waals surface area contributed by atoms with Crippen LogP contribution in [-0.2, 0) is 24.2 Å². The highest BCUT2D eigenvalue weighted by atomic mass is 16.5. The fourth-order valence-electron chi connectivity index (χ4n) is 5.03. The van der Waals surface area contributed by atoms with Gasteiger partial charge in [-0.25, -0.2) is 0 Å². The lowest BCUT2D eigenvalue weighted by atomic mass is 10.0. The lowest BCUT2D eigenvalue weighted by Gasteiger charge is -2.31. The number of nitrogens with two attached hydrogens (primary N) is 1. The number of aryl methyl sites for hydroxylation is 1. The maximum Gasteiger partial charge on any atom is 0.237 e. The summed E-state index contributed by atoms with van der Waals surface area (Å²) in [5, 5.41) is 9.13. The number of amidine groups is 1. The van der Waals surface area contributed by atoms with Crippen molar-refractivity contribution >= 4 is 22.6 Å². The summed E-state index contributed by atoms with van der Waals surface area (Å²) in [6.45, 7) is 2.33. The Hall–Kier alpha value is -4.30. The fraction of sp³-hybridized carbons (Fsp3) is 0.290. The second-order valence-electron chi connectivity index (χ2n) is 10.0. The summed E-state index contributed by atoms with van der Waals surface area (Å²) >= 11 is 0. The molecule has 202 valence electrons. The SMILES string of the molecule is COc1ccc(CN2C([C@@H](Cc3c[nH]c4ccccc34)NC(=O)[C@@H](C)N)=NNC2CCc2ccccc2)cc1. The van der Waals surface area contributed by atoms with E-state index in [1.165, 1.54) is 5.56 Å². The number of ether oxygens (including phenoxy) is 1.